The van der Waals surface area contributed by atoms with E-state index in [4.69, 9.17) is 0 Å². The third-order valence-electron chi connectivity index (χ3n) is 5.07. The van der Waals surface area contributed by atoms with E-state index in [1.807, 2.05) is 97.9 Å². The van der Waals surface area contributed by atoms with Gasteiger partial charge < -0.3 is 5.11 Å². The zero-order valence-electron chi connectivity index (χ0n) is 16.1. The number of carboxylic acids is 1. The summed E-state index contributed by atoms with van der Waals surface area (Å²) < 4.78 is 1.77. The fourth-order valence-corrected chi connectivity index (χ4v) is 3.84. The van der Waals surface area contributed by atoms with Crippen LogP contribution in [-0.4, -0.2) is 25.8 Å². The first-order chi connectivity index (χ1) is 14.2. The van der Waals surface area contributed by atoms with Crippen molar-refractivity contribution >= 4 is 5.97 Å². The summed E-state index contributed by atoms with van der Waals surface area (Å²) in [6.45, 7) is 1.96. The fraction of sp³-hybridized carbons (Fsp3) is 0.125. The Morgan fingerprint density at radius 2 is 1.24 bits per heavy atom. The lowest BCUT2D eigenvalue weighted by Gasteiger charge is -2.37. The predicted molar refractivity (Wildman–Crippen MR) is 111 cm³/mol. The monoisotopic (exact) mass is 383 g/mol. The van der Waals surface area contributed by atoms with E-state index >= 15 is 0 Å². The first-order valence-corrected chi connectivity index (χ1v) is 9.54. The van der Waals surface area contributed by atoms with Gasteiger partial charge in [0.15, 0.2) is 0 Å². The molecule has 1 N–H and O–H groups in total. The van der Waals surface area contributed by atoms with Gasteiger partial charge in [-0.05, 0) is 16.7 Å². The van der Waals surface area contributed by atoms with Gasteiger partial charge in [0, 0.05) is 6.42 Å². The number of aromatic nitrogens is 3. The van der Waals surface area contributed by atoms with Crippen molar-refractivity contribution in [3.8, 4) is 0 Å². The molecule has 3 aromatic carbocycles. The fourth-order valence-electron chi connectivity index (χ4n) is 3.84. The van der Waals surface area contributed by atoms with Crippen LogP contribution in [0.5, 0.6) is 0 Å². The Balaban J connectivity index is 2.17. The summed E-state index contributed by atoms with van der Waals surface area (Å²) in [6.07, 6.45) is 0.550. The lowest BCUT2D eigenvalue weighted by molar-refractivity contribution is 0.0682. The number of benzene rings is 3. The van der Waals surface area contributed by atoms with Gasteiger partial charge in [0.2, 0.25) is 0 Å². The molecule has 0 aliphatic heterocycles. The average Bonchev–Trinajstić information content (AvgIpc) is 3.22. The lowest BCUT2D eigenvalue weighted by Crippen LogP contribution is -2.40. The van der Waals surface area contributed by atoms with Crippen LogP contribution in [0.25, 0.3) is 0 Å². The summed E-state index contributed by atoms with van der Waals surface area (Å²) >= 11 is 0. The van der Waals surface area contributed by atoms with Crippen molar-refractivity contribution in [2.24, 2.45) is 0 Å². The molecule has 144 valence electrons. The van der Waals surface area contributed by atoms with E-state index in [2.05, 4.69) is 10.1 Å². The van der Waals surface area contributed by atoms with Gasteiger partial charge in [-0.1, -0.05) is 97.9 Å². The number of aromatic carboxylic acids is 1. The van der Waals surface area contributed by atoms with Crippen LogP contribution in [0, 0.1) is 0 Å². The number of hydrogen-bond acceptors (Lipinski definition) is 3. The molecule has 0 bridgehead atoms. The van der Waals surface area contributed by atoms with Crippen LogP contribution in [0.4, 0.5) is 0 Å². The highest BCUT2D eigenvalue weighted by Gasteiger charge is 2.41. The Morgan fingerprint density at radius 1 is 0.828 bits per heavy atom. The highest BCUT2D eigenvalue weighted by atomic mass is 16.4. The van der Waals surface area contributed by atoms with Crippen molar-refractivity contribution < 1.29 is 9.90 Å². The number of carboxylic acid groups (broad SMARTS) is 1. The first kappa shape index (κ1) is 18.6. The highest BCUT2D eigenvalue weighted by Crippen LogP contribution is 2.41. The van der Waals surface area contributed by atoms with E-state index in [1.54, 1.807) is 4.68 Å². The number of rotatable bonds is 6. The van der Waals surface area contributed by atoms with Crippen molar-refractivity contribution in [2.45, 2.75) is 18.9 Å². The molecule has 0 radical (unpaired) electrons. The van der Waals surface area contributed by atoms with Gasteiger partial charge in [-0.15, -0.1) is 5.10 Å². The van der Waals surface area contributed by atoms with E-state index in [-0.39, 0.29) is 5.82 Å². The number of aryl methyl sites for hydroxylation is 1. The van der Waals surface area contributed by atoms with E-state index in [1.165, 1.54) is 0 Å². The van der Waals surface area contributed by atoms with Crippen LogP contribution in [0.2, 0.25) is 0 Å². The third-order valence-corrected chi connectivity index (χ3v) is 5.07. The maximum Gasteiger partial charge on any atom is 0.375 e. The Labute approximate surface area is 169 Å². The van der Waals surface area contributed by atoms with E-state index in [0.717, 1.165) is 16.7 Å². The Hall–Kier alpha value is -3.73. The van der Waals surface area contributed by atoms with Crippen molar-refractivity contribution in [2.75, 3.05) is 0 Å². The van der Waals surface area contributed by atoms with Crippen molar-refractivity contribution in [1.82, 2.24) is 14.8 Å². The molecule has 5 nitrogen and oxygen atoms in total. The number of nitrogens with zero attached hydrogens (tertiary/aromatic N) is 3. The van der Waals surface area contributed by atoms with Gasteiger partial charge >= 0.3 is 5.97 Å². The second kappa shape index (κ2) is 7.72. The molecule has 4 rings (SSSR count). The SMILES string of the molecule is CCc1nc(C(=O)O)nn1C(c1ccccc1)(c1ccccc1)c1ccccc1. The molecule has 0 aliphatic rings. The molecule has 0 aliphatic carbocycles. The summed E-state index contributed by atoms with van der Waals surface area (Å²) in [6, 6.07) is 30.1. The molecule has 0 saturated heterocycles. The quantitative estimate of drug-likeness (QED) is 0.502. The van der Waals surface area contributed by atoms with Gasteiger partial charge in [-0.2, -0.15) is 0 Å². The molecule has 0 amide bonds. The second-order valence-corrected chi connectivity index (χ2v) is 6.73. The Morgan fingerprint density at radius 3 is 1.59 bits per heavy atom. The summed E-state index contributed by atoms with van der Waals surface area (Å²) in [5.41, 5.74) is 2.09. The van der Waals surface area contributed by atoms with Gasteiger partial charge in [0.05, 0.1) is 0 Å². The van der Waals surface area contributed by atoms with Crippen LogP contribution in [0.1, 0.15) is 40.1 Å². The summed E-state index contributed by atoms with van der Waals surface area (Å²) in [5.74, 6) is -0.727. The van der Waals surface area contributed by atoms with Crippen molar-refractivity contribution in [1.29, 1.82) is 0 Å². The molecular formula is C24H21N3O2. The van der Waals surface area contributed by atoms with Crippen molar-refractivity contribution in [3.05, 3.63) is 119 Å². The van der Waals surface area contributed by atoms with Crippen LogP contribution < -0.4 is 0 Å². The average molecular weight is 383 g/mol. The van der Waals surface area contributed by atoms with Gasteiger partial charge in [0.1, 0.15) is 11.4 Å². The first-order valence-electron chi connectivity index (χ1n) is 9.54. The van der Waals surface area contributed by atoms with E-state index in [0.29, 0.717) is 12.2 Å². The minimum atomic E-state index is -1.14. The van der Waals surface area contributed by atoms with E-state index < -0.39 is 11.5 Å². The molecule has 0 saturated carbocycles. The van der Waals surface area contributed by atoms with Gasteiger partial charge in [-0.25, -0.2) is 14.5 Å². The Bertz CT molecular complexity index is 1010. The molecule has 5 heteroatoms. The Kier molecular flexibility index (Phi) is 4.96. The topological polar surface area (TPSA) is 68.0 Å². The summed E-state index contributed by atoms with van der Waals surface area (Å²) in [5, 5.41) is 14.0. The molecular weight excluding hydrogens is 362 g/mol. The minimum Gasteiger partial charge on any atom is -0.475 e. The smallest absolute Gasteiger partial charge is 0.375 e. The lowest BCUT2D eigenvalue weighted by atomic mass is 9.77. The molecule has 1 heterocycles. The minimum absolute atomic E-state index is 0.200. The largest absolute Gasteiger partial charge is 0.475 e. The van der Waals surface area contributed by atoms with Gasteiger partial charge in [0.25, 0.3) is 5.82 Å². The maximum absolute atomic E-state index is 11.7. The van der Waals surface area contributed by atoms with Crippen molar-refractivity contribution in [3.63, 3.8) is 0 Å². The molecule has 4 aromatic rings. The summed E-state index contributed by atoms with van der Waals surface area (Å²) in [4.78, 5) is 16.0. The zero-order valence-corrected chi connectivity index (χ0v) is 16.1. The zero-order chi connectivity index (χ0) is 20.3. The molecule has 0 unspecified atom stereocenters. The normalized spacial score (nSPS) is 11.3. The van der Waals surface area contributed by atoms with Crippen LogP contribution >= 0.6 is 0 Å². The highest BCUT2D eigenvalue weighted by molar-refractivity contribution is 5.83. The summed E-state index contributed by atoms with van der Waals surface area (Å²) in [7, 11) is 0. The third kappa shape index (κ3) is 3.10. The second-order valence-electron chi connectivity index (χ2n) is 6.73. The molecule has 1 aromatic heterocycles. The van der Waals surface area contributed by atoms with Crippen LogP contribution in [-0.2, 0) is 12.0 Å². The number of hydrogen-bond donors (Lipinski definition) is 1. The molecule has 29 heavy (non-hydrogen) atoms. The molecule has 0 atom stereocenters. The van der Waals surface area contributed by atoms with Crippen LogP contribution in [0.15, 0.2) is 91.0 Å². The maximum atomic E-state index is 11.7. The standard InChI is InChI=1S/C24H21N3O2/c1-2-21-25-22(23(28)29)26-27(21)24(18-12-6-3-7-13-18,19-14-8-4-9-15-19)20-16-10-5-11-17-20/h3-17H,2H2,1H3,(H,28,29). The molecule has 0 spiro atoms. The predicted octanol–water partition coefficient (Wildman–Crippen LogP) is 4.38. The van der Waals surface area contributed by atoms with Crippen LogP contribution in [0.3, 0.4) is 0 Å². The number of carbonyl (C=O) groups is 1. The molecule has 0 fully saturated rings. The van der Waals surface area contributed by atoms with Gasteiger partial charge in [-0.3, -0.25) is 0 Å². The van der Waals surface area contributed by atoms with E-state index in [9.17, 15) is 9.90 Å².